The lowest BCUT2D eigenvalue weighted by Gasteiger charge is -2.65. The van der Waals surface area contributed by atoms with E-state index < -0.39 is 25.7 Å². The predicted octanol–water partition coefficient (Wildman–Crippen LogP) is 9.01. The fourth-order valence-corrected chi connectivity index (χ4v) is 29.4. The zero-order valence-corrected chi connectivity index (χ0v) is 32.7. The van der Waals surface area contributed by atoms with E-state index >= 15 is 0 Å². The number of ether oxygens (including phenoxy) is 3. The smallest absolute Gasteiger partial charge is 0.355 e. The number of hydrogen-bond donors (Lipinski definition) is 0. The highest BCUT2D eigenvalue weighted by Crippen LogP contribution is 2.59. The molecule has 0 aromatic heterocycles. The van der Waals surface area contributed by atoms with Gasteiger partial charge in [0.1, 0.15) is 0 Å². The summed E-state index contributed by atoms with van der Waals surface area (Å²) in [5.41, 5.74) is -1.87. The Hall–Kier alpha value is 0.411. The molecule has 0 saturated carbocycles. The van der Waals surface area contributed by atoms with Crippen LogP contribution in [-0.4, -0.2) is 59.7 Å². The van der Waals surface area contributed by atoms with Crippen LogP contribution in [-0.2, 0) is 26.6 Å². The molecular formula is C30H66O6Si3. The van der Waals surface area contributed by atoms with Crippen LogP contribution in [0.1, 0.15) is 145 Å². The van der Waals surface area contributed by atoms with E-state index in [0.717, 1.165) is 0 Å². The molecule has 1 saturated heterocycles. The van der Waals surface area contributed by atoms with E-state index in [4.69, 9.17) is 26.6 Å². The van der Waals surface area contributed by atoms with Crippen LogP contribution in [0.2, 0.25) is 15.1 Å². The summed E-state index contributed by atoms with van der Waals surface area (Å²) in [6.45, 7) is 45.7. The van der Waals surface area contributed by atoms with Crippen molar-refractivity contribution in [2.45, 2.75) is 194 Å². The Balaban J connectivity index is 4.29. The summed E-state index contributed by atoms with van der Waals surface area (Å²) in [7, 11) is -9.74. The Labute approximate surface area is 246 Å². The minimum Gasteiger partial charge on any atom is -0.412 e. The highest BCUT2D eigenvalue weighted by molar-refractivity contribution is 6.98. The third-order valence-corrected chi connectivity index (χ3v) is 24.4. The van der Waals surface area contributed by atoms with Crippen molar-refractivity contribution in [3.8, 4) is 0 Å². The summed E-state index contributed by atoms with van der Waals surface area (Å²) in [5, 5.41) is -0.966. The topological polar surface area (TPSA) is 55.4 Å². The Kier molecular flexibility index (Phi) is 10.7. The van der Waals surface area contributed by atoms with Crippen molar-refractivity contribution in [3.63, 3.8) is 0 Å². The molecule has 1 aliphatic heterocycles. The maximum absolute atomic E-state index is 7.70. The van der Waals surface area contributed by atoms with Crippen molar-refractivity contribution in [1.29, 1.82) is 0 Å². The summed E-state index contributed by atoms with van der Waals surface area (Å²) in [6.07, 6.45) is 0. The summed E-state index contributed by atoms with van der Waals surface area (Å²) in [4.78, 5) is 0. The zero-order chi connectivity index (χ0) is 31.5. The van der Waals surface area contributed by atoms with Crippen molar-refractivity contribution in [3.05, 3.63) is 0 Å². The molecule has 1 heterocycles. The fourth-order valence-electron chi connectivity index (χ4n) is 5.81. The molecule has 9 heteroatoms. The van der Waals surface area contributed by atoms with Gasteiger partial charge in [-0.1, -0.05) is 62.3 Å². The van der Waals surface area contributed by atoms with Crippen LogP contribution < -0.4 is 0 Å². The van der Waals surface area contributed by atoms with E-state index in [1.807, 2.05) is 0 Å². The third kappa shape index (κ3) is 8.28. The lowest BCUT2D eigenvalue weighted by Crippen LogP contribution is -2.85. The van der Waals surface area contributed by atoms with Crippen molar-refractivity contribution < 1.29 is 26.6 Å². The van der Waals surface area contributed by atoms with Gasteiger partial charge in [-0.2, -0.15) is 0 Å². The lowest BCUT2D eigenvalue weighted by molar-refractivity contribution is -0.0692. The van der Waals surface area contributed by atoms with Gasteiger partial charge in [0.05, 0.1) is 34.0 Å². The van der Waals surface area contributed by atoms with Gasteiger partial charge in [-0.3, -0.25) is 0 Å². The first-order valence-corrected chi connectivity index (χ1v) is 20.6. The molecule has 6 nitrogen and oxygen atoms in total. The van der Waals surface area contributed by atoms with E-state index in [1.165, 1.54) is 0 Å². The molecule has 0 amide bonds. The molecule has 0 radical (unpaired) electrons. The van der Waals surface area contributed by atoms with E-state index in [0.29, 0.717) is 0 Å². The number of rotatable bonds is 6. The quantitative estimate of drug-likeness (QED) is 0.281. The molecule has 1 aliphatic rings. The summed E-state index contributed by atoms with van der Waals surface area (Å²) < 4.78 is 43.5. The average Bonchev–Trinajstić information content (AvgIpc) is 2.60. The van der Waals surface area contributed by atoms with E-state index in [2.05, 4.69) is 145 Å². The fraction of sp³-hybridized carbons (Fsp3) is 1.00. The first kappa shape index (κ1) is 37.4. The van der Waals surface area contributed by atoms with Crippen LogP contribution >= 0.6 is 0 Å². The van der Waals surface area contributed by atoms with Crippen LogP contribution in [0, 0.1) is 0 Å². The van der Waals surface area contributed by atoms with Crippen LogP contribution in [0.25, 0.3) is 0 Å². The molecule has 0 aliphatic carbocycles. The van der Waals surface area contributed by atoms with Crippen LogP contribution in [0.15, 0.2) is 0 Å². The van der Waals surface area contributed by atoms with Gasteiger partial charge in [0.15, 0.2) is 0 Å². The molecule has 0 aromatic carbocycles. The standard InChI is InChI=1S/C30H66O6Si3/c1-22(31-25(4,5)6)37(28(13,14)15)34-38(29(16,17)18,23(2)32-26(7,8)9)36-39(35-37,30(19,20)21)24(3)33-27(10,11)12/h22-24H,1-21H3. The SMILES string of the molecule is CC(OC(C)(C)C)[Si]1(C(C)(C)C)O[Si](C(C)OC(C)(C)C)(C(C)(C)C)O[Si](C(C)OC(C)(C)C)(C(C)(C)C)O1. The predicted molar refractivity (Wildman–Crippen MR) is 171 cm³/mol. The molecule has 39 heavy (non-hydrogen) atoms. The van der Waals surface area contributed by atoms with Gasteiger partial charge in [0.25, 0.3) is 0 Å². The number of hydrogen-bond acceptors (Lipinski definition) is 6. The zero-order valence-electron chi connectivity index (χ0n) is 29.7. The summed E-state index contributed by atoms with van der Waals surface area (Å²) in [5.74, 6) is 0. The highest BCUT2D eigenvalue weighted by Gasteiger charge is 2.77. The van der Waals surface area contributed by atoms with Crippen LogP contribution in [0.3, 0.4) is 0 Å². The van der Waals surface area contributed by atoms with Gasteiger partial charge in [-0.25, -0.2) is 0 Å². The van der Waals surface area contributed by atoms with Gasteiger partial charge in [-0.05, 0) is 83.1 Å². The van der Waals surface area contributed by atoms with Gasteiger partial charge >= 0.3 is 25.7 Å². The maximum atomic E-state index is 7.70. The summed E-state index contributed by atoms with van der Waals surface area (Å²) >= 11 is 0. The van der Waals surface area contributed by atoms with Gasteiger partial charge in [0, 0.05) is 15.1 Å². The van der Waals surface area contributed by atoms with E-state index in [-0.39, 0.29) is 49.1 Å². The van der Waals surface area contributed by atoms with Gasteiger partial charge in [-0.15, -0.1) is 0 Å². The molecule has 3 unspecified atom stereocenters. The van der Waals surface area contributed by atoms with Crippen molar-refractivity contribution in [1.82, 2.24) is 0 Å². The Morgan fingerprint density at radius 3 is 0.615 bits per heavy atom. The molecule has 0 aromatic rings. The monoisotopic (exact) mass is 606 g/mol. The molecule has 234 valence electrons. The first-order valence-electron chi connectivity index (χ1n) is 14.9. The molecule has 0 spiro atoms. The molecule has 0 N–H and O–H groups in total. The van der Waals surface area contributed by atoms with Gasteiger partial charge in [0.2, 0.25) is 0 Å². The van der Waals surface area contributed by atoms with E-state index in [1.54, 1.807) is 0 Å². The molecule has 1 rings (SSSR count). The lowest BCUT2D eigenvalue weighted by atomic mass is 10.2. The second-order valence-electron chi connectivity index (χ2n) is 17.7. The molecule has 3 atom stereocenters. The largest absolute Gasteiger partial charge is 0.412 e. The van der Waals surface area contributed by atoms with Crippen LogP contribution in [0.4, 0.5) is 0 Å². The third-order valence-electron chi connectivity index (χ3n) is 7.24. The van der Waals surface area contributed by atoms with Crippen molar-refractivity contribution >= 4 is 25.7 Å². The minimum absolute atomic E-state index is 0.256. The Morgan fingerprint density at radius 2 is 0.513 bits per heavy atom. The highest BCUT2D eigenvalue weighted by atomic mass is 28.5. The van der Waals surface area contributed by atoms with Crippen LogP contribution in [0.5, 0.6) is 0 Å². The molecular weight excluding hydrogens is 541 g/mol. The van der Waals surface area contributed by atoms with Crippen molar-refractivity contribution in [2.24, 2.45) is 0 Å². The molecule has 1 fully saturated rings. The Bertz CT molecular complexity index is 703. The second kappa shape index (κ2) is 11.2. The van der Waals surface area contributed by atoms with Crippen molar-refractivity contribution in [2.75, 3.05) is 0 Å². The molecule has 0 bridgehead atoms. The second-order valence-corrected chi connectivity index (χ2v) is 31.1. The minimum atomic E-state index is -3.25. The summed E-state index contributed by atoms with van der Waals surface area (Å²) in [6, 6.07) is 0. The average molecular weight is 607 g/mol. The maximum Gasteiger partial charge on any atom is 0.355 e. The van der Waals surface area contributed by atoms with E-state index in [9.17, 15) is 0 Å². The first-order chi connectivity index (χ1) is 16.8. The van der Waals surface area contributed by atoms with Gasteiger partial charge < -0.3 is 26.6 Å². The normalized spacial score (nSPS) is 30.7. The Morgan fingerprint density at radius 1 is 0.359 bits per heavy atom.